The van der Waals surface area contributed by atoms with Crippen LogP contribution in [-0.4, -0.2) is 37.3 Å². The summed E-state index contributed by atoms with van der Waals surface area (Å²) in [6, 6.07) is 0.334. The van der Waals surface area contributed by atoms with Crippen LogP contribution >= 0.6 is 0 Å². The van der Waals surface area contributed by atoms with Crippen LogP contribution in [0.4, 0.5) is 30.7 Å². The summed E-state index contributed by atoms with van der Waals surface area (Å²) in [7, 11) is 0. The predicted molar refractivity (Wildman–Crippen MR) is 69.3 cm³/mol. The van der Waals surface area contributed by atoms with Crippen LogP contribution < -0.4 is 5.32 Å². The van der Waals surface area contributed by atoms with Gasteiger partial charge in [-0.05, 0) is 12.1 Å². The highest BCUT2D eigenvalue weighted by atomic mass is 19.4. The van der Waals surface area contributed by atoms with Crippen molar-refractivity contribution in [3.63, 3.8) is 0 Å². The minimum absolute atomic E-state index is 0.251. The summed E-state index contributed by atoms with van der Waals surface area (Å²) in [5.74, 6) is -1.27. The molecule has 1 N–H and O–H groups in total. The predicted octanol–water partition coefficient (Wildman–Crippen LogP) is 3.74. The van der Waals surface area contributed by atoms with Crippen molar-refractivity contribution in [2.45, 2.75) is 24.8 Å². The Bertz CT molecular complexity index is 533. The Balaban J connectivity index is 2.34. The molecule has 1 fully saturated rings. The van der Waals surface area contributed by atoms with Crippen molar-refractivity contribution in [2.75, 3.05) is 26.2 Å². The fourth-order valence-electron chi connectivity index (χ4n) is 2.62. The average molecular weight is 344 g/mol. The molecule has 23 heavy (non-hydrogen) atoms. The Hall–Kier alpha value is -1.35. The van der Waals surface area contributed by atoms with Crippen LogP contribution in [-0.2, 0) is 6.18 Å². The molecule has 0 radical (unpaired) electrons. The summed E-state index contributed by atoms with van der Waals surface area (Å²) in [6.07, 6.45) is -10.6. The van der Waals surface area contributed by atoms with E-state index in [1.54, 1.807) is 0 Å². The molecule has 130 valence electrons. The van der Waals surface area contributed by atoms with Crippen LogP contribution in [0.15, 0.2) is 18.2 Å². The fraction of sp³-hybridized carbons (Fsp3) is 0.571. The first kappa shape index (κ1) is 18.0. The van der Waals surface area contributed by atoms with Crippen LogP contribution in [0.3, 0.4) is 0 Å². The molecule has 0 aromatic heterocycles. The summed E-state index contributed by atoms with van der Waals surface area (Å²) in [6.45, 7) is 1.41. The van der Waals surface area contributed by atoms with Gasteiger partial charge in [0.25, 0.3) is 0 Å². The van der Waals surface area contributed by atoms with E-state index >= 15 is 0 Å². The number of alkyl halides is 6. The van der Waals surface area contributed by atoms with Gasteiger partial charge >= 0.3 is 12.4 Å². The van der Waals surface area contributed by atoms with Crippen molar-refractivity contribution < 1.29 is 30.7 Å². The standard InChI is InChI=1S/C14H15F7N2/c15-11-7-9(14(19,20)21)1-2-10(11)12(8-13(16,17)18)23-5-3-22-4-6-23/h1-2,7,12,22H,3-6,8H2/t12-/m1/s1. The largest absolute Gasteiger partial charge is 0.416 e. The molecule has 0 unspecified atom stereocenters. The highest BCUT2D eigenvalue weighted by molar-refractivity contribution is 5.29. The second-order valence-electron chi connectivity index (χ2n) is 5.36. The van der Waals surface area contributed by atoms with Gasteiger partial charge in [-0.2, -0.15) is 26.3 Å². The van der Waals surface area contributed by atoms with E-state index in [0.29, 0.717) is 19.2 Å². The van der Waals surface area contributed by atoms with Gasteiger partial charge in [-0.1, -0.05) is 6.07 Å². The lowest BCUT2D eigenvalue weighted by atomic mass is 9.98. The van der Waals surface area contributed by atoms with Crippen LogP contribution in [0.5, 0.6) is 0 Å². The summed E-state index contributed by atoms with van der Waals surface area (Å²) in [5, 5.41) is 2.96. The second-order valence-corrected chi connectivity index (χ2v) is 5.36. The maximum atomic E-state index is 14.1. The number of rotatable bonds is 3. The number of piperazine rings is 1. The number of nitrogens with zero attached hydrogens (tertiary/aromatic N) is 1. The zero-order valence-corrected chi connectivity index (χ0v) is 11.9. The summed E-state index contributed by atoms with van der Waals surface area (Å²) in [4.78, 5) is 1.44. The number of hydrogen-bond donors (Lipinski definition) is 1. The van der Waals surface area contributed by atoms with Crippen LogP contribution in [0, 0.1) is 5.82 Å². The molecule has 0 amide bonds. The molecular formula is C14H15F7N2. The Kier molecular flexibility index (Phi) is 5.20. The van der Waals surface area contributed by atoms with Gasteiger partial charge in [0.2, 0.25) is 0 Å². The van der Waals surface area contributed by atoms with Crippen molar-refractivity contribution in [1.29, 1.82) is 0 Å². The van der Waals surface area contributed by atoms with E-state index in [0.717, 1.165) is 6.07 Å². The van der Waals surface area contributed by atoms with Crippen LogP contribution in [0.1, 0.15) is 23.6 Å². The topological polar surface area (TPSA) is 15.3 Å². The lowest BCUT2D eigenvalue weighted by molar-refractivity contribution is -0.149. The van der Waals surface area contributed by atoms with Gasteiger partial charge in [0.05, 0.1) is 12.0 Å². The van der Waals surface area contributed by atoms with Gasteiger partial charge in [0, 0.05) is 37.8 Å². The highest BCUT2D eigenvalue weighted by Gasteiger charge is 2.38. The maximum absolute atomic E-state index is 14.1. The van der Waals surface area contributed by atoms with Gasteiger partial charge in [0.15, 0.2) is 0 Å². The Morgan fingerprint density at radius 3 is 2.13 bits per heavy atom. The Morgan fingerprint density at radius 1 is 1.04 bits per heavy atom. The SMILES string of the molecule is Fc1cc(C(F)(F)F)ccc1[C@@H](CC(F)(F)F)N1CCNCC1. The number of nitrogens with one attached hydrogen (secondary N) is 1. The maximum Gasteiger partial charge on any atom is 0.416 e. The van der Waals surface area contributed by atoms with E-state index in [2.05, 4.69) is 5.32 Å². The highest BCUT2D eigenvalue weighted by Crippen LogP contribution is 2.37. The number of hydrogen-bond acceptors (Lipinski definition) is 2. The first-order valence-corrected chi connectivity index (χ1v) is 6.96. The summed E-state index contributed by atoms with van der Waals surface area (Å²) >= 11 is 0. The summed E-state index contributed by atoms with van der Waals surface area (Å²) in [5.41, 5.74) is -1.58. The lowest BCUT2D eigenvalue weighted by Gasteiger charge is -2.35. The minimum atomic E-state index is -4.74. The van der Waals surface area contributed by atoms with Crippen molar-refractivity contribution in [1.82, 2.24) is 10.2 Å². The van der Waals surface area contributed by atoms with E-state index in [1.807, 2.05) is 0 Å². The monoisotopic (exact) mass is 344 g/mol. The first-order chi connectivity index (χ1) is 10.6. The van der Waals surface area contributed by atoms with E-state index in [-0.39, 0.29) is 24.7 Å². The third kappa shape index (κ3) is 4.81. The minimum Gasteiger partial charge on any atom is -0.314 e. The molecule has 1 aliphatic heterocycles. The van der Waals surface area contributed by atoms with Crippen LogP contribution in [0.2, 0.25) is 0 Å². The van der Waals surface area contributed by atoms with Crippen molar-refractivity contribution in [3.05, 3.63) is 35.1 Å². The van der Waals surface area contributed by atoms with Gasteiger partial charge in [-0.25, -0.2) is 4.39 Å². The molecular weight excluding hydrogens is 329 g/mol. The fourth-order valence-corrected chi connectivity index (χ4v) is 2.62. The molecule has 1 aromatic rings. The normalized spacial score (nSPS) is 18.9. The molecule has 9 heteroatoms. The molecule has 2 nitrogen and oxygen atoms in total. The second kappa shape index (κ2) is 6.64. The molecule has 1 heterocycles. The van der Waals surface area contributed by atoms with Gasteiger partial charge in [0.1, 0.15) is 5.82 Å². The van der Waals surface area contributed by atoms with Gasteiger partial charge in [-0.3, -0.25) is 4.90 Å². The molecule has 1 aromatic carbocycles. The van der Waals surface area contributed by atoms with E-state index in [4.69, 9.17) is 0 Å². The average Bonchev–Trinajstić information content (AvgIpc) is 2.44. The number of benzene rings is 1. The van der Waals surface area contributed by atoms with Crippen molar-refractivity contribution >= 4 is 0 Å². The van der Waals surface area contributed by atoms with Crippen molar-refractivity contribution in [3.8, 4) is 0 Å². The molecule has 1 saturated heterocycles. The summed E-state index contributed by atoms with van der Waals surface area (Å²) < 4.78 is 90.1. The quantitative estimate of drug-likeness (QED) is 0.841. The smallest absolute Gasteiger partial charge is 0.314 e. The molecule has 0 aliphatic carbocycles. The van der Waals surface area contributed by atoms with Crippen LogP contribution in [0.25, 0.3) is 0 Å². The lowest BCUT2D eigenvalue weighted by Crippen LogP contribution is -2.46. The molecule has 0 saturated carbocycles. The Labute approximate surface area is 128 Å². The molecule has 0 bridgehead atoms. The third-order valence-corrected chi connectivity index (χ3v) is 3.70. The molecule has 1 aliphatic rings. The van der Waals surface area contributed by atoms with Crippen molar-refractivity contribution in [2.24, 2.45) is 0 Å². The van der Waals surface area contributed by atoms with E-state index in [9.17, 15) is 30.7 Å². The van der Waals surface area contributed by atoms with E-state index < -0.39 is 36.2 Å². The Morgan fingerprint density at radius 2 is 1.65 bits per heavy atom. The zero-order chi connectivity index (χ0) is 17.3. The molecule has 0 spiro atoms. The van der Waals surface area contributed by atoms with Gasteiger partial charge < -0.3 is 5.32 Å². The van der Waals surface area contributed by atoms with E-state index in [1.165, 1.54) is 4.90 Å². The third-order valence-electron chi connectivity index (χ3n) is 3.70. The number of halogens is 7. The molecule has 1 atom stereocenters. The zero-order valence-electron chi connectivity index (χ0n) is 11.9. The first-order valence-electron chi connectivity index (χ1n) is 6.96. The van der Waals surface area contributed by atoms with Gasteiger partial charge in [-0.15, -0.1) is 0 Å². The molecule has 2 rings (SSSR count).